The molecule has 0 aliphatic rings. The molecule has 0 unspecified atom stereocenters. The third-order valence-electron chi connectivity index (χ3n) is 3.86. The van der Waals surface area contributed by atoms with Crippen molar-refractivity contribution in [3.8, 4) is 17.2 Å². The van der Waals surface area contributed by atoms with Crippen LogP contribution in [-0.2, 0) is 5.41 Å². The third kappa shape index (κ3) is 4.88. The minimum absolute atomic E-state index is 0.0603. The van der Waals surface area contributed by atoms with Gasteiger partial charge in [-0.1, -0.05) is 20.8 Å². The number of carbonyl (C=O) groups excluding carboxylic acids is 1. The highest BCUT2D eigenvalue weighted by Gasteiger charge is 2.20. The number of ketones is 1. The molecule has 2 aromatic rings. The summed E-state index contributed by atoms with van der Waals surface area (Å²) in [6, 6.07) is 9.56. The summed E-state index contributed by atoms with van der Waals surface area (Å²) in [5.74, 6) is 0.646. The van der Waals surface area contributed by atoms with Crippen molar-refractivity contribution in [1.82, 2.24) is 0 Å². The van der Waals surface area contributed by atoms with Gasteiger partial charge in [-0.15, -0.1) is 0 Å². The van der Waals surface area contributed by atoms with Crippen LogP contribution in [0.25, 0.3) is 6.08 Å². The van der Waals surface area contributed by atoms with Gasteiger partial charge in [0.2, 0.25) is 0 Å². The minimum Gasteiger partial charge on any atom is -0.508 e. The lowest BCUT2D eigenvalue weighted by Gasteiger charge is -2.23. The monoisotopic (exact) mass is 354 g/mol. The lowest BCUT2D eigenvalue weighted by atomic mass is 9.85. The predicted octanol–water partition coefficient (Wildman–Crippen LogP) is 5.08. The Morgan fingerprint density at radius 2 is 1.69 bits per heavy atom. The van der Waals surface area contributed by atoms with Crippen molar-refractivity contribution in [3.63, 3.8) is 0 Å². The van der Waals surface area contributed by atoms with Crippen molar-refractivity contribution >= 4 is 11.9 Å². The summed E-state index contributed by atoms with van der Waals surface area (Å²) in [4.78, 5) is 12.4. The molecule has 2 rings (SSSR count). The standard InChI is InChI=1S/C22H26O4/c1-14(2)26-21-13-20(25)18(22(3,4)5)12-16(21)8-11-19(24)15-6-9-17(23)10-7-15/h6-14,23,25H,1-5H3. The molecule has 2 aromatic carbocycles. The largest absolute Gasteiger partial charge is 0.508 e. The Morgan fingerprint density at radius 1 is 1.08 bits per heavy atom. The maximum Gasteiger partial charge on any atom is 0.185 e. The summed E-state index contributed by atoms with van der Waals surface area (Å²) in [5, 5.41) is 19.7. The Bertz CT molecular complexity index is 809. The van der Waals surface area contributed by atoms with Crippen molar-refractivity contribution in [2.75, 3.05) is 0 Å². The maximum absolute atomic E-state index is 12.4. The first-order valence-corrected chi connectivity index (χ1v) is 8.63. The first-order chi connectivity index (χ1) is 12.1. The SMILES string of the molecule is CC(C)Oc1cc(O)c(C(C)(C)C)cc1C=CC(=O)c1ccc(O)cc1. The van der Waals surface area contributed by atoms with E-state index in [2.05, 4.69) is 0 Å². The number of benzene rings is 2. The number of aromatic hydroxyl groups is 2. The number of hydrogen-bond acceptors (Lipinski definition) is 4. The molecule has 0 amide bonds. The van der Waals surface area contributed by atoms with Crippen LogP contribution in [0.2, 0.25) is 0 Å². The molecule has 0 aliphatic heterocycles. The highest BCUT2D eigenvalue weighted by atomic mass is 16.5. The maximum atomic E-state index is 12.4. The average molecular weight is 354 g/mol. The van der Waals surface area contributed by atoms with E-state index in [1.54, 1.807) is 24.3 Å². The van der Waals surface area contributed by atoms with E-state index < -0.39 is 0 Å². The summed E-state index contributed by atoms with van der Waals surface area (Å²) in [5.41, 5.74) is 1.75. The van der Waals surface area contributed by atoms with E-state index in [1.807, 2.05) is 40.7 Å². The van der Waals surface area contributed by atoms with Gasteiger partial charge < -0.3 is 14.9 Å². The smallest absolute Gasteiger partial charge is 0.185 e. The van der Waals surface area contributed by atoms with Gasteiger partial charge in [0, 0.05) is 22.8 Å². The van der Waals surface area contributed by atoms with Gasteiger partial charge in [-0.25, -0.2) is 0 Å². The van der Waals surface area contributed by atoms with Crippen molar-refractivity contribution < 1.29 is 19.7 Å². The topological polar surface area (TPSA) is 66.8 Å². The van der Waals surface area contributed by atoms with Crippen LogP contribution in [0.4, 0.5) is 0 Å². The van der Waals surface area contributed by atoms with Gasteiger partial charge >= 0.3 is 0 Å². The van der Waals surface area contributed by atoms with Crippen molar-refractivity contribution in [2.24, 2.45) is 0 Å². The normalized spacial score (nSPS) is 11.9. The summed E-state index contributed by atoms with van der Waals surface area (Å²) >= 11 is 0. The molecule has 0 bridgehead atoms. The summed E-state index contributed by atoms with van der Waals surface area (Å²) in [6.45, 7) is 9.86. The molecular formula is C22H26O4. The van der Waals surface area contributed by atoms with Gasteiger partial charge in [-0.05, 0) is 61.7 Å². The van der Waals surface area contributed by atoms with Crippen LogP contribution in [0, 0.1) is 0 Å². The molecule has 0 radical (unpaired) electrons. The highest BCUT2D eigenvalue weighted by molar-refractivity contribution is 6.07. The molecule has 0 saturated carbocycles. The number of ether oxygens (including phenoxy) is 1. The number of rotatable bonds is 5. The highest BCUT2D eigenvalue weighted by Crippen LogP contribution is 2.37. The van der Waals surface area contributed by atoms with E-state index in [1.165, 1.54) is 18.2 Å². The second kappa shape index (κ2) is 7.65. The van der Waals surface area contributed by atoms with Gasteiger partial charge in [-0.2, -0.15) is 0 Å². The van der Waals surface area contributed by atoms with Crippen LogP contribution in [0.15, 0.2) is 42.5 Å². The molecule has 0 fully saturated rings. The predicted molar refractivity (Wildman–Crippen MR) is 104 cm³/mol. The van der Waals surface area contributed by atoms with Gasteiger partial charge in [0.1, 0.15) is 17.2 Å². The second-order valence-corrected chi connectivity index (χ2v) is 7.57. The molecule has 0 aliphatic carbocycles. The van der Waals surface area contributed by atoms with Gasteiger partial charge in [0.15, 0.2) is 5.78 Å². The Balaban J connectivity index is 2.41. The Labute approximate surface area is 154 Å². The van der Waals surface area contributed by atoms with E-state index >= 15 is 0 Å². The molecular weight excluding hydrogens is 328 g/mol. The first kappa shape index (κ1) is 19.6. The zero-order valence-electron chi connectivity index (χ0n) is 15.9. The van der Waals surface area contributed by atoms with Gasteiger partial charge in [0.25, 0.3) is 0 Å². The van der Waals surface area contributed by atoms with Gasteiger partial charge in [-0.3, -0.25) is 4.79 Å². The lowest BCUT2D eigenvalue weighted by Crippen LogP contribution is -2.13. The third-order valence-corrected chi connectivity index (χ3v) is 3.86. The molecule has 0 saturated heterocycles. The van der Waals surface area contributed by atoms with E-state index in [4.69, 9.17) is 4.74 Å². The fourth-order valence-electron chi connectivity index (χ4n) is 2.56. The molecule has 26 heavy (non-hydrogen) atoms. The molecule has 0 atom stereocenters. The lowest BCUT2D eigenvalue weighted by molar-refractivity contribution is 0.104. The van der Waals surface area contributed by atoms with Crippen molar-refractivity contribution in [2.45, 2.75) is 46.1 Å². The number of phenolic OH excluding ortho intramolecular Hbond substituents is 2. The summed E-state index contributed by atoms with van der Waals surface area (Å²) in [6.07, 6.45) is 3.11. The van der Waals surface area contributed by atoms with Crippen LogP contribution in [0.3, 0.4) is 0 Å². The average Bonchev–Trinajstić information content (AvgIpc) is 2.52. The Kier molecular flexibility index (Phi) is 5.76. The van der Waals surface area contributed by atoms with Crippen LogP contribution in [-0.4, -0.2) is 22.1 Å². The molecule has 138 valence electrons. The number of hydrogen-bond donors (Lipinski definition) is 2. The van der Waals surface area contributed by atoms with E-state index in [0.29, 0.717) is 11.3 Å². The van der Waals surface area contributed by atoms with E-state index in [0.717, 1.165) is 11.1 Å². The molecule has 0 aromatic heterocycles. The molecule has 0 heterocycles. The van der Waals surface area contributed by atoms with Crippen LogP contribution >= 0.6 is 0 Å². The van der Waals surface area contributed by atoms with Crippen LogP contribution < -0.4 is 4.74 Å². The van der Waals surface area contributed by atoms with Crippen LogP contribution in [0.1, 0.15) is 56.1 Å². The number of carbonyl (C=O) groups is 1. The number of phenols is 2. The summed E-state index contributed by atoms with van der Waals surface area (Å²) < 4.78 is 5.79. The van der Waals surface area contributed by atoms with E-state index in [-0.39, 0.29) is 28.8 Å². The van der Waals surface area contributed by atoms with Crippen molar-refractivity contribution in [1.29, 1.82) is 0 Å². The minimum atomic E-state index is -0.246. The molecule has 4 heteroatoms. The van der Waals surface area contributed by atoms with Gasteiger partial charge in [0.05, 0.1) is 6.10 Å². The molecule has 0 spiro atoms. The quantitative estimate of drug-likeness (QED) is 0.580. The number of allylic oxidation sites excluding steroid dienone is 1. The molecule has 4 nitrogen and oxygen atoms in total. The van der Waals surface area contributed by atoms with Crippen molar-refractivity contribution in [3.05, 3.63) is 59.2 Å². The Morgan fingerprint density at radius 3 is 2.23 bits per heavy atom. The van der Waals surface area contributed by atoms with Crippen LogP contribution in [0.5, 0.6) is 17.2 Å². The second-order valence-electron chi connectivity index (χ2n) is 7.57. The zero-order chi connectivity index (χ0) is 19.5. The summed E-state index contributed by atoms with van der Waals surface area (Å²) in [7, 11) is 0. The van der Waals surface area contributed by atoms with E-state index in [9.17, 15) is 15.0 Å². The fraction of sp³-hybridized carbons (Fsp3) is 0.318. The Hall–Kier alpha value is -2.75. The fourth-order valence-corrected chi connectivity index (χ4v) is 2.56. The first-order valence-electron chi connectivity index (χ1n) is 8.63. The zero-order valence-corrected chi connectivity index (χ0v) is 15.9. The molecule has 2 N–H and O–H groups in total.